The summed E-state index contributed by atoms with van der Waals surface area (Å²) in [5, 5.41) is 0.787. The van der Waals surface area contributed by atoms with Crippen molar-refractivity contribution in [3.8, 4) is 17.2 Å². The number of Topliss-reactive ketones (excluding diaryl/α,β-unsaturated/α-hetero) is 1. The number of methoxy groups -OCH3 is 1. The summed E-state index contributed by atoms with van der Waals surface area (Å²) in [6, 6.07) is 19.7. The number of rotatable bonds is 3. The Morgan fingerprint density at radius 3 is 2.60 bits per heavy atom. The minimum atomic E-state index is -0.639. The molecule has 0 spiro atoms. The van der Waals surface area contributed by atoms with Gasteiger partial charge in [0.2, 0.25) is 5.78 Å². The number of aromatic nitrogens is 1. The lowest BCUT2D eigenvalue weighted by Crippen LogP contribution is -2.26. The first-order chi connectivity index (χ1) is 17.0. The molecule has 0 saturated carbocycles. The molecule has 0 fully saturated rings. The van der Waals surface area contributed by atoms with Gasteiger partial charge in [-0.15, -0.1) is 0 Å². The van der Waals surface area contributed by atoms with E-state index in [-0.39, 0.29) is 29.3 Å². The molecule has 7 heteroatoms. The number of nitrogens with one attached hydrogen (secondary N) is 1. The smallest absolute Gasteiger partial charge is 0.312 e. The van der Waals surface area contributed by atoms with E-state index >= 15 is 0 Å². The number of benzene rings is 3. The van der Waals surface area contributed by atoms with Crippen LogP contribution in [0.5, 0.6) is 17.2 Å². The molecule has 35 heavy (non-hydrogen) atoms. The predicted molar refractivity (Wildman–Crippen MR) is 129 cm³/mol. The number of aromatic amines is 1. The lowest BCUT2D eigenvalue weighted by atomic mass is 9.85. The van der Waals surface area contributed by atoms with Gasteiger partial charge in [-0.05, 0) is 47.4 Å². The quantitative estimate of drug-likeness (QED) is 0.270. The Hall–Kier alpha value is -4.65. The van der Waals surface area contributed by atoms with Crippen LogP contribution in [-0.2, 0) is 4.79 Å². The average molecular weight is 465 g/mol. The van der Waals surface area contributed by atoms with E-state index in [2.05, 4.69) is 4.98 Å². The van der Waals surface area contributed by atoms with Crippen LogP contribution in [0.3, 0.4) is 0 Å². The lowest BCUT2D eigenvalue weighted by molar-refractivity contribution is -0.135. The maximum absolute atomic E-state index is 13.2. The highest BCUT2D eigenvalue weighted by Crippen LogP contribution is 2.48. The Labute approximate surface area is 199 Å². The van der Waals surface area contributed by atoms with Gasteiger partial charge in [-0.2, -0.15) is 0 Å². The van der Waals surface area contributed by atoms with E-state index in [0.717, 1.165) is 10.9 Å². The van der Waals surface area contributed by atoms with E-state index in [0.29, 0.717) is 33.7 Å². The number of allylic oxidation sites excluding steroid dienone is 1. The molecule has 0 amide bonds. The zero-order valence-electron chi connectivity index (χ0n) is 18.7. The van der Waals surface area contributed by atoms with Gasteiger partial charge >= 0.3 is 5.97 Å². The van der Waals surface area contributed by atoms with Crippen molar-refractivity contribution in [2.24, 2.45) is 0 Å². The van der Waals surface area contributed by atoms with Crippen LogP contribution >= 0.6 is 0 Å². The molecule has 1 N–H and O–H groups in total. The van der Waals surface area contributed by atoms with Crippen molar-refractivity contribution in [2.75, 3.05) is 7.11 Å². The lowest BCUT2D eigenvalue weighted by Gasteiger charge is -2.26. The van der Waals surface area contributed by atoms with E-state index in [1.807, 2.05) is 36.4 Å². The number of H-pyrrole nitrogens is 1. The Morgan fingerprint density at radius 2 is 1.80 bits per heavy atom. The fraction of sp³-hybridized carbons (Fsp3) is 0.107. The van der Waals surface area contributed by atoms with Crippen LogP contribution < -0.4 is 19.8 Å². The molecule has 3 aromatic carbocycles. The summed E-state index contributed by atoms with van der Waals surface area (Å²) in [5.74, 6) is 0.0438. The molecular weight excluding hydrogens is 446 g/mol. The second-order valence-electron chi connectivity index (χ2n) is 8.44. The molecule has 1 unspecified atom stereocenters. The molecule has 0 saturated heterocycles. The van der Waals surface area contributed by atoms with Crippen LogP contribution in [0.1, 0.15) is 39.4 Å². The normalized spacial score (nSPS) is 17.6. The van der Waals surface area contributed by atoms with E-state index in [1.54, 1.807) is 43.5 Å². The highest BCUT2D eigenvalue weighted by molar-refractivity contribution is 6.15. The SMILES string of the molecule is COc1ccc2cc(C3CC(=O)Oc4ccc5c(c43)O/C(=C/c3ccccc3)C5=O)c(=O)[nH]c2c1. The molecule has 7 nitrogen and oxygen atoms in total. The number of hydrogen-bond acceptors (Lipinski definition) is 6. The average Bonchev–Trinajstić information content (AvgIpc) is 3.18. The van der Waals surface area contributed by atoms with Crippen molar-refractivity contribution in [3.63, 3.8) is 0 Å². The number of carbonyl (C=O) groups excluding carboxylic acids is 2. The summed E-state index contributed by atoms with van der Waals surface area (Å²) in [5.41, 5.74) is 2.39. The number of carbonyl (C=O) groups is 2. The zero-order valence-corrected chi connectivity index (χ0v) is 18.7. The third-order valence-corrected chi connectivity index (χ3v) is 6.33. The predicted octanol–water partition coefficient (Wildman–Crippen LogP) is 4.59. The van der Waals surface area contributed by atoms with Crippen LogP contribution in [0.15, 0.2) is 77.3 Å². The topological polar surface area (TPSA) is 94.7 Å². The maximum atomic E-state index is 13.2. The second-order valence-corrected chi connectivity index (χ2v) is 8.44. The maximum Gasteiger partial charge on any atom is 0.312 e. The third kappa shape index (κ3) is 3.49. The van der Waals surface area contributed by atoms with Crippen molar-refractivity contribution in [2.45, 2.75) is 12.3 Å². The van der Waals surface area contributed by atoms with Gasteiger partial charge in [0.15, 0.2) is 5.76 Å². The number of ketones is 1. The van der Waals surface area contributed by atoms with Gasteiger partial charge in [-0.1, -0.05) is 30.3 Å². The van der Waals surface area contributed by atoms with Gasteiger partial charge < -0.3 is 19.2 Å². The summed E-state index contributed by atoms with van der Waals surface area (Å²) >= 11 is 0. The Kier molecular flexibility index (Phi) is 4.77. The van der Waals surface area contributed by atoms with E-state index in [1.165, 1.54) is 0 Å². The minimum absolute atomic E-state index is 0.0521. The van der Waals surface area contributed by atoms with Crippen LogP contribution in [0.4, 0.5) is 0 Å². The third-order valence-electron chi connectivity index (χ3n) is 6.33. The van der Waals surface area contributed by atoms with Crippen molar-refractivity contribution in [3.05, 3.63) is 105 Å². The van der Waals surface area contributed by atoms with E-state index < -0.39 is 11.9 Å². The number of hydrogen-bond donors (Lipinski definition) is 1. The van der Waals surface area contributed by atoms with Crippen molar-refractivity contribution in [1.82, 2.24) is 4.98 Å². The largest absolute Gasteiger partial charge is 0.497 e. The summed E-state index contributed by atoms with van der Waals surface area (Å²) in [4.78, 5) is 41.6. The molecule has 2 aliphatic rings. The monoisotopic (exact) mass is 465 g/mol. The number of pyridine rings is 1. The molecular formula is C28H19NO6. The summed E-state index contributed by atoms with van der Waals surface area (Å²) in [6.45, 7) is 0. The number of ether oxygens (including phenoxy) is 3. The van der Waals surface area contributed by atoms with Gasteiger partial charge in [0, 0.05) is 23.1 Å². The Balaban J connectivity index is 1.50. The van der Waals surface area contributed by atoms with Gasteiger partial charge in [0.25, 0.3) is 5.56 Å². The molecule has 0 aliphatic carbocycles. The fourth-order valence-corrected chi connectivity index (χ4v) is 4.66. The summed E-state index contributed by atoms with van der Waals surface area (Å²) < 4.78 is 16.8. The molecule has 6 rings (SSSR count). The molecule has 1 aromatic heterocycles. The zero-order chi connectivity index (χ0) is 24.1. The van der Waals surface area contributed by atoms with Gasteiger partial charge in [-0.25, -0.2) is 0 Å². The van der Waals surface area contributed by atoms with Crippen molar-refractivity contribution in [1.29, 1.82) is 0 Å². The highest BCUT2D eigenvalue weighted by atomic mass is 16.5. The molecule has 3 heterocycles. The highest BCUT2D eigenvalue weighted by Gasteiger charge is 2.39. The van der Waals surface area contributed by atoms with E-state index in [9.17, 15) is 14.4 Å². The Morgan fingerprint density at radius 1 is 0.971 bits per heavy atom. The van der Waals surface area contributed by atoms with E-state index in [4.69, 9.17) is 14.2 Å². The van der Waals surface area contributed by atoms with Crippen LogP contribution in [-0.4, -0.2) is 23.8 Å². The molecule has 0 bridgehead atoms. The first-order valence-electron chi connectivity index (χ1n) is 11.1. The summed E-state index contributed by atoms with van der Waals surface area (Å²) in [6.07, 6.45) is 1.62. The van der Waals surface area contributed by atoms with Gasteiger partial charge in [-0.3, -0.25) is 14.4 Å². The van der Waals surface area contributed by atoms with Crippen LogP contribution in [0, 0.1) is 0 Å². The standard InChI is InChI=1S/C28H19NO6/c1-33-17-8-7-16-12-20(28(32)29-21(16)13-17)19-14-24(30)34-22-10-9-18-26(31)23(35-27(18)25(19)22)11-15-5-3-2-4-6-15/h2-13,19H,14H2,1H3,(H,29,32)/b23-11+. The molecule has 2 aliphatic heterocycles. The number of fused-ring (bicyclic) bond motifs is 4. The Bertz CT molecular complexity index is 1620. The summed E-state index contributed by atoms with van der Waals surface area (Å²) in [7, 11) is 1.56. The molecule has 4 aromatic rings. The van der Waals surface area contributed by atoms with Crippen LogP contribution in [0.2, 0.25) is 0 Å². The minimum Gasteiger partial charge on any atom is -0.497 e. The van der Waals surface area contributed by atoms with Gasteiger partial charge in [0.05, 0.1) is 24.6 Å². The first-order valence-corrected chi connectivity index (χ1v) is 11.1. The van der Waals surface area contributed by atoms with Gasteiger partial charge in [0.1, 0.15) is 17.2 Å². The first kappa shape index (κ1) is 20.9. The van der Waals surface area contributed by atoms with Crippen molar-refractivity contribution < 1.29 is 23.8 Å². The van der Waals surface area contributed by atoms with Crippen molar-refractivity contribution >= 4 is 28.7 Å². The fourth-order valence-electron chi connectivity index (χ4n) is 4.66. The second kappa shape index (κ2) is 7.99. The molecule has 172 valence electrons. The molecule has 0 radical (unpaired) electrons. The molecule has 1 atom stereocenters. The van der Waals surface area contributed by atoms with Crippen LogP contribution in [0.25, 0.3) is 17.0 Å². The number of esters is 1.